The highest BCUT2D eigenvalue weighted by Gasteiger charge is 2.44. The van der Waals surface area contributed by atoms with Crippen LogP contribution in [0.5, 0.6) is 5.75 Å². The smallest absolute Gasteiger partial charge is 0.321 e. The molecule has 176 valence electrons. The summed E-state index contributed by atoms with van der Waals surface area (Å²) in [5, 5.41) is 3.02. The number of carbonyl (C=O) groups excluding carboxylic acids is 2. The molecule has 1 saturated heterocycles. The van der Waals surface area contributed by atoms with E-state index in [0.717, 1.165) is 54.9 Å². The first kappa shape index (κ1) is 23.1. The topological polar surface area (TPSA) is 61.9 Å². The van der Waals surface area contributed by atoms with Crippen molar-refractivity contribution in [2.45, 2.75) is 58.0 Å². The molecule has 2 aliphatic heterocycles. The maximum Gasteiger partial charge on any atom is 0.321 e. The van der Waals surface area contributed by atoms with Crippen LogP contribution in [0.4, 0.5) is 10.5 Å². The molecule has 1 fully saturated rings. The predicted molar refractivity (Wildman–Crippen MR) is 131 cm³/mol. The van der Waals surface area contributed by atoms with E-state index in [0.29, 0.717) is 19.5 Å². The molecule has 6 heteroatoms. The van der Waals surface area contributed by atoms with Gasteiger partial charge >= 0.3 is 6.03 Å². The van der Waals surface area contributed by atoms with E-state index in [2.05, 4.69) is 11.4 Å². The first-order valence-corrected chi connectivity index (χ1v) is 12.1. The van der Waals surface area contributed by atoms with Crippen molar-refractivity contribution in [3.63, 3.8) is 0 Å². The van der Waals surface area contributed by atoms with Gasteiger partial charge in [-0.3, -0.25) is 4.79 Å². The van der Waals surface area contributed by atoms with Gasteiger partial charge < -0.3 is 19.9 Å². The van der Waals surface area contributed by atoms with Gasteiger partial charge in [-0.2, -0.15) is 0 Å². The molecule has 4 rings (SSSR count). The molecule has 0 aromatic heterocycles. The lowest BCUT2D eigenvalue weighted by Gasteiger charge is -2.47. The molecular formula is C27H35N3O3. The van der Waals surface area contributed by atoms with Gasteiger partial charge in [-0.1, -0.05) is 30.3 Å². The number of nitrogens with zero attached hydrogens (tertiary/aromatic N) is 2. The maximum absolute atomic E-state index is 12.9. The van der Waals surface area contributed by atoms with Gasteiger partial charge in [0.05, 0.1) is 0 Å². The number of hydrogen-bond donors (Lipinski definition) is 1. The van der Waals surface area contributed by atoms with Crippen LogP contribution in [0.1, 0.15) is 56.6 Å². The number of para-hydroxylation sites is 1. The highest BCUT2D eigenvalue weighted by Crippen LogP contribution is 2.46. The second kappa shape index (κ2) is 9.86. The van der Waals surface area contributed by atoms with Crippen molar-refractivity contribution in [2.75, 3.05) is 31.5 Å². The summed E-state index contributed by atoms with van der Waals surface area (Å²) >= 11 is 0. The minimum absolute atomic E-state index is 0.0695. The van der Waals surface area contributed by atoms with Gasteiger partial charge in [0.25, 0.3) is 0 Å². The Bertz CT molecular complexity index is 994. The second-order valence-electron chi connectivity index (χ2n) is 9.28. The standard InChI is InChI=1S/C27H35N3O3/c1-4-29(5-2)25(31)18-21-19-27(33-24-12-7-6-11-23(21)24)13-15-30(16-14-27)26(32)28-22-10-8-9-20(3)17-22/h6-12,17,21H,4-5,13-16,18-19H2,1-3H3,(H,28,32). The van der Waals surface area contributed by atoms with Gasteiger partial charge in [0.15, 0.2) is 0 Å². The third-order valence-corrected chi connectivity index (χ3v) is 7.07. The summed E-state index contributed by atoms with van der Waals surface area (Å²) in [7, 11) is 0. The van der Waals surface area contributed by atoms with Crippen molar-refractivity contribution in [3.8, 4) is 5.75 Å². The molecule has 2 aliphatic rings. The van der Waals surface area contributed by atoms with Crippen molar-refractivity contribution >= 4 is 17.6 Å². The Balaban J connectivity index is 1.44. The zero-order valence-corrected chi connectivity index (χ0v) is 20.0. The molecule has 2 aromatic rings. The molecular weight excluding hydrogens is 414 g/mol. The lowest BCUT2D eigenvalue weighted by atomic mass is 9.76. The summed E-state index contributed by atoms with van der Waals surface area (Å²) in [5.41, 5.74) is 2.73. The molecule has 6 nitrogen and oxygen atoms in total. The molecule has 3 amide bonds. The van der Waals surface area contributed by atoms with Gasteiger partial charge in [-0.15, -0.1) is 0 Å². The molecule has 2 heterocycles. The van der Waals surface area contributed by atoms with Gasteiger partial charge in [-0.25, -0.2) is 4.79 Å². The van der Waals surface area contributed by atoms with Crippen molar-refractivity contribution in [1.29, 1.82) is 0 Å². The van der Waals surface area contributed by atoms with E-state index in [4.69, 9.17) is 4.74 Å². The summed E-state index contributed by atoms with van der Waals surface area (Å²) in [6.07, 6.45) is 2.84. The Kier molecular flexibility index (Phi) is 6.91. The number of piperidine rings is 1. The fourth-order valence-corrected chi connectivity index (χ4v) is 5.19. The van der Waals surface area contributed by atoms with Crippen molar-refractivity contribution in [2.24, 2.45) is 0 Å². The number of carbonyl (C=O) groups is 2. The first-order valence-electron chi connectivity index (χ1n) is 12.1. The van der Waals surface area contributed by atoms with E-state index in [1.165, 1.54) is 0 Å². The highest BCUT2D eigenvalue weighted by atomic mass is 16.5. The number of rotatable bonds is 5. The van der Waals surface area contributed by atoms with Gasteiger partial charge in [0.2, 0.25) is 5.91 Å². The van der Waals surface area contributed by atoms with Crippen molar-refractivity contribution in [1.82, 2.24) is 9.80 Å². The van der Waals surface area contributed by atoms with E-state index < -0.39 is 0 Å². The number of nitrogens with one attached hydrogen (secondary N) is 1. The molecule has 2 aromatic carbocycles. The quantitative estimate of drug-likeness (QED) is 0.684. The molecule has 0 radical (unpaired) electrons. The average molecular weight is 450 g/mol. The number of amides is 3. The van der Waals surface area contributed by atoms with E-state index in [-0.39, 0.29) is 23.5 Å². The van der Waals surface area contributed by atoms with Crippen LogP contribution >= 0.6 is 0 Å². The number of ether oxygens (including phenoxy) is 1. The Morgan fingerprint density at radius 3 is 2.52 bits per heavy atom. The van der Waals surface area contributed by atoms with E-state index in [1.54, 1.807) is 0 Å². The molecule has 1 spiro atoms. The lowest BCUT2D eigenvalue weighted by Crippen LogP contribution is -2.52. The van der Waals surface area contributed by atoms with E-state index >= 15 is 0 Å². The van der Waals surface area contributed by atoms with Gasteiger partial charge in [-0.05, 0) is 56.5 Å². The molecule has 0 aliphatic carbocycles. The lowest BCUT2D eigenvalue weighted by molar-refractivity contribution is -0.131. The van der Waals surface area contributed by atoms with Crippen LogP contribution in [0.25, 0.3) is 0 Å². The van der Waals surface area contributed by atoms with Crippen LogP contribution in [-0.4, -0.2) is 53.5 Å². The predicted octanol–water partition coefficient (Wildman–Crippen LogP) is 5.19. The zero-order valence-electron chi connectivity index (χ0n) is 20.0. The van der Waals surface area contributed by atoms with Crippen LogP contribution in [-0.2, 0) is 4.79 Å². The SMILES string of the molecule is CCN(CC)C(=O)CC1CC2(CCN(C(=O)Nc3cccc(C)c3)CC2)Oc2ccccc21. The number of urea groups is 1. The maximum atomic E-state index is 12.9. The third-order valence-electron chi connectivity index (χ3n) is 7.07. The average Bonchev–Trinajstić information content (AvgIpc) is 2.80. The molecule has 1 N–H and O–H groups in total. The zero-order chi connectivity index (χ0) is 23.4. The largest absolute Gasteiger partial charge is 0.487 e. The Morgan fingerprint density at radius 2 is 1.82 bits per heavy atom. The Hall–Kier alpha value is -3.02. The molecule has 33 heavy (non-hydrogen) atoms. The van der Waals surface area contributed by atoms with Crippen LogP contribution in [0.3, 0.4) is 0 Å². The van der Waals surface area contributed by atoms with Gasteiger partial charge in [0, 0.05) is 57.0 Å². The Labute approximate surface area is 196 Å². The third kappa shape index (κ3) is 5.15. The fraction of sp³-hybridized carbons (Fsp3) is 0.481. The van der Waals surface area contributed by atoms with Crippen LogP contribution in [0, 0.1) is 6.92 Å². The van der Waals surface area contributed by atoms with Crippen LogP contribution < -0.4 is 10.1 Å². The minimum Gasteiger partial charge on any atom is -0.487 e. The monoisotopic (exact) mass is 449 g/mol. The number of aryl methyl sites for hydroxylation is 1. The summed E-state index contributed by atoms with van der Waals surface area (Å²) in [4.78, 5) is 29.5. The molecule has 1 unspecified atom stereocenters. The Morgan fingerprint density at radius 1 is 1.09 bits per heavy atom. The number of fused-ring (bicyclic) bond motifs is 1. The summed E-state index contributed by atoms with van der Waals surface area (Å²) in [5.74, 6) is 1.22. The minimum atomic E-state index is -0.331. The fourth-order valence-electron chi connectivity index (χ4n) is 5.19. The summed E-state index contributed by atoms with van der Waals surface area (Å²) < 4.78 is 6.56. The van der Waals surface area contributed by atoms with Crippen LogP contribution in [0.2, 0.25) is 0 Å². The molecule has 0 saturated carbocycles. The van der Waals surface area contributed by atoms with Gasteiger partial charge in [0.1, 0.15) is 11.4 Å². The number of likely N-dealkylation sites (tertiary alicyclic amines) is 1. The summed E-state index contributed by atoms with van der Waals surface area (Å²) in [6.45, 7) is 8.80. The highest BCUT2D eigenvalue weighted by molar-refractivity contribution is 5.89. The normalized spacial score (nSPS) is 18.9. The molecule has 0 bridgehead atoms. The van der Waals surface area contributed by atoms with Crippen molar-refractivity contribution in [3.05, 3.63) is 59.7 Å². The number of hydrogen-bond acceptors (Lipinski definition) is 3. The second-order valence-corrected chi connectivity index (χ2v) is 9.28. The van der Waals surface area contributed by atoms with Crippen molar-refractivity contribution < 1.29 is 14.3 Å². The van der Waals surface area contributed by atoms with Crippen LogP contribution in [0.15, 0.2) is 48.5 Å². The van der Waals surface area contributed by atoms with E-state index in [9.17, 15) is 9.59 Å². The molecule has 1 atom stereocenters. The first-order chi connectivity index (χ1) is 15.9. The number of anilines is 1. The van der Waals surface area contributed by atoms with E-state index in [1.807, 2.05) is 73.0 Å². The summed E-state index contributed by atoms with van der Waals surface area (Å²) in [6, 6.07) is 15.9. The number of benzene rings is 2.